The molecule has 0 aliphatic carbocycles. The van der Waals surface area contributed by atoms with Crippen molar-refractivity contribution in [3.63, 3.8) is 0 Å². The van der Waals surface area contributed by atoms with E-state index in [0.717, 1.165) is 16.7 Å². The molecule has 0 bridgehead atoms. The highest BCUT2D eigenvalue weighted by atomic mass is 16.1. The van der Waals surface area contributed by atoms with Crippen LogP contribution in [0.2, 0.25) is 0 Å². The summed E-state index contributed by atoms with van der Waals surface area (Å²) in [5, 5.41) is 0. The molecule has 0 saturated heterocycles. The minimum absolute atomic E-state index is 0.0508. The van der Waals surface area contributed by atoms with Gasteiger partial charge >= 0.3 is 0 Å². The van der Waals surface area contributed by atoms with E-state index in [4.69, 9.17) is 0 Å². The lowest BCUT2D eigenvalue weighted by molar-refractivity contribution is -0.120. The van der Waals surface area contributed by atoms with Crippen LogP contribution in [0.1, 0.15) is 18.9 Å². The van der Waals surface area contributed by atoms with Crippen molar-refractivity contribution in [3.05, 3.63) is 60.2 Å². The second-order valence-electron chi connectivity index (χ2n) is 4.76. The smallest absolute Gasteiger partial charge is 0.209 e. The normalized spacial score (nSPS) is 11.8. The van der Waals surface area contributed by atoms with Gasteiger partial charge in [0.2, 0.25) is 6.29 Å². The van der Waals surface area contributed by atoms with Crippen LogP contribution < -0.4 is 0 Å². The lowest BCUT2D eigenvalue weighted by atomic mass is 9.93. The molecule has 20 heavy (non-hydrogen) atoms. The molecule has 2 nitrogen and oxygen atoms in total. The minimum Gasteiger partial charge on any atom is -0.299 e. The maximum absolute atomic E-state index is 11.6. The fourth-order valence-electron chi connectivity index (χ4n) is 2.21. The van der Waals surface area contributed by atoms with E-state index >= 15 is 0 Å². The van der Waals surface area contributed by atoms with Crippen molar-refractivity contribution in [2.24, 2.45) is 5.92 Å². The Labute approximate surface area is 119 Å². The number of benzene rings is 2. The Morgan fingerprint density at radius 1 is 1.05 bits per heavy atom. The topological polar surface area (TPSA) is 34.1 Å². The zero-order chi connectivity index (χ0) is 14.4. The van der Waals surface area contributed by atoms with E-state index in [9.17, 15) is 9.59 Å². The molecule has 2 heteroatoms. The van der Waals surface area contributed by atoms with Crippen molar-refractivity contribution in [1.82, 2.24) is 0 Å². The Morgan fingerprint density at radius 3 is 2.40 bits per heavy atom. The third kappa shape index (κ3) is 3.41. The lowest BCUT2D eigenvalue weighted by Gasteiger charge is -2.09. The molecule has 0 heterocycles. The maximum Gasteiger partial charge on any atom is 0.209 e. The number of hydrogen-bond acceptors (Lipinski definition) is 2. The minimum atomic E-state index is -0.647. The standard InChI is InChI=1S/C18H17O2/c1-2-18(20)17(13-19)12-14-7-6-10-16(11-14)15-8-4-3-5-9-15/h3-11,17H,2,12H2,1H3. The summed E-state index contributed by atoms with van der Waals surface area (Å²) in [5.74, 6) is -0.698. The number of carbonyl (C=O) groups excluding carboxylic acids is 2. The van der Waals surface area contributed by atoms with Crippen LogP contribution in [0.25, 0.3) is 11.1 Å². The Bertz CT molecular complexity index is 587. The highest BCUT2D eigenvalue weighted by Crippen LogP contribution is 2.21. The van der Waals surface area contributed by atoms with E-state index in [-0.39, 0.29) is 5.78 Å². The second-order valence-corrected chi connectivity index (χ2v) is 4.76. The fourth-order valence-corrected chi connectivity index (χ4v) is 2.21. The van der Waals surface area contributed by atoms with Crippen molar-refractivity contribution in [1.29, 1.82) is 0 Å². The van der Waals surface area contributed by atoms with Gasteiger partial charge in [-0.05, 0) is 23.1 Å². The summed E-state index contributed by atoms with van der Waals surface area (Å²) >= 11 is 0. The van der Waals surface area contributed by atoms with Crippen LogP contribution in [0, 0.1) is 5.92 Å². The van der Waals surface area contributed by atoms with Crippen molar-refractivity contribution in [3.8, 4) is 11.1 Å². The molecule has 0 amide bonds. The Morgan fingerprint density at radius 2 is 1.75 bits per heavy atom. The summed E-state index contributed by atoms with van der Waals surface area (Å²) in [6, 6.07) is 18.0. The van der Waals surface area contributed by atoms with Gasteiger partial charge in [0.15, 0.2) is 0 Å². The number of hydrogen-bond donors (Lipinski definition) is 0. The zero-order valence-electron chi connectivity index (χ0n) is 11.5. The monoisotopic (exact) mass is 265 g/mol. The molecule has 101 valence electrons. The van der Waals surface area contributed by atoms with E-state index in [2.05, 4.69) is 0 Å². The molecule has 0 spiro atoms. The molecule has 2 aromatic carbocycles. The summed E-state index contributed by atoms with van der Waals surface area (Å²) in [4.78, 5) is 22.6. The van der Waals surface area contributed by atoms with Gasteiger partial charge in [0.25, 0.3) is 0 Å². The van der Waals surface area contributed by atoms with Gasteiger partial charge in [-0.3, -0.25) is 9.59 Å². The predicted molar refractivity (Wildman–Crippen MR) is 80.1 cm³/mol. The lowest BCUT2D eigenvalue weighted by Crippen LogP contribution is -2.17. The van der Waals surface area contributed by atoms with Crippen molar-refractivity contribution in [2.45, 2.75) is 19.8 Å². The number of carbonyl (C=O) groups is 1. The highest BCUT2D eigenvalue weighted by Gasteiger charge is 2.17. The van der Waals surface area contributed by atoms with Gasteiger partial charge < -0.3 is 0 Å². The molecule has 1 radical (unpaired) electrons. The highest BCUT2D eigenvalue weighted by molar-refractivity contribution is 5.93. The first kappa shape index (κ1) is 14.2. The molecule has 0 N–H and O–H groups in total. The van der Waals surface area contributed by atoms with E-state index in [1.807, 2.05) is 60.9 Å². The van der Waals surface area contributed by atoms with Gasteiger partial charge in [0.05, 0.1) is 5.92 Å². The van der Waals surface area contributed by atoms with Crippen LogP contribution in [-0.2, 0) is 16.0 Å². The summed E-state index contributed by atoms with van der Waals surface area (Å²) in [6.45, 7) is 1.77. The molecule has 2 aromatic rings. The van der Waals surface area contributed by atoms with Gasteiger partial charge in [0.1, 0.15) is 5.78 Å². The Balaban J connectivity index is 2.22. The third-order valence-electron chi connectivity index (χ3n) is 3.35. The van der Waals surface area contributed by atoms with Gasteiger partial charge in [-0.1, -0.05) is 61.5 Å². The molecule has 0 aliphatic rings. The Kier molecular flexibility index (Phi) is 4.83. The number of rotatable bonds is 6. The summed E-state index contributed by atoms with van der Waals surface area (Å²) in [6.07, 6.45) is 2.66. The third-order valence-corrected chi connectivity index (χ3v) is 3.35. The van der Waals surface area contributed by atoms with Crippen LogP contribution in [0.3, 0.4) is 0 Å². The molecule has 0 saturated carbocycles. The zero-order valence-corrected chi connectivity index (χ0v) is 11.5. The van der Waals surface area contributed by atoms with E-state index in [1.54, 1.807) is 6.92 Å². The largest absolute Gasteiger partial charge is 0.299 e. The van der Waals surface area contributed by atoms with E-state index in [1.165, 1.54) is 0 Å². The summed E-state index contributed by atoms with van der Waals surface area (Å²) in [5.41, 5.74) is 3.21. The maximum atomic E-state index is 11.6. The molecule has 1 unspecified atom stereocenters. The molecular formula is C18H17O2. The van der Waals surface area contributed by atoms with Crippen LogP contribution >= 0.6 is 0 Å². The van der Waals surface area contributed by atoms with Crippen LogP contribution in [0.4, 0.5) is 0 Å². The average molecular weight is 265 g/mol. The average Bonchev–Trinajstić information content (AvgIpc) is 2.53. The number of ketones is 1. The van der Waals surface area contributed by atoms with Crippen molar-refractivity contribution < 1.29 is 9.59 Å². The first-order valence-corrected chi connectivity index (χ1v) is 6.79. The predicted octanol–water partition coefficient (Wildman–Crippen LogP) is 3.60. The fraction of sp³-hybridized carbons (Fsp3) is 0.222. The van der Waals surface area contributed by atoms with Gasteiger partial charge in [-0.15, -0.1) is 0 Å². The first-order chi connectivity index (χ1) is 9.74. The van der Waals surface area contributed by atoms with Crippen LogP contribution in [0.5, 0.6) is 0 Å². The molecule has 2 rings (SSSR count). The molecule has 0 aromatic heterocycles. The van der Waals surface area contributed by atoms with Crippen LogP contribution in [-0.4, -0.2) is 12.1 Å². The first-order valence-electron chi connectivity index (χ1n) is 6.79. The molecular weight excluding hydrogens is 248 g/mol. The molecule has 0 fully saturated rings. The summed E-state index contributed by atoms with van der Waals surface area (Å²) in [7, 11) is 0. The van der Waals surface area contributed by atoms with Gasteiger partial charge in [0, 0.05) is 6.42 Å². The van der Waals surface area contributed by atoms with Crippen molar-refractivity contribution in [2.75, 3.05) is 0 Å². The summed E-state index contributed by atoms with van der Waals surface area (Å²) < 4.78 is 0. The molecule has 0 aliphatic heterocycles. The quantitative estimate of drug-likeness (QED) is 0.748. The van der Waals surface area contributed by atoms with Gasteiger partial charge in [-0.2, -0.15) is 0 Å². The van der Waals surface area contributed by atoms with Gasteiger partial charge in [-0.25, -0.2) is 0 Å². The molecule has 1 atom stereocenters. The van der Waals surface area contributed by atoms with E-state index in [0.29, 0.717) is 12.8 Å². The second kappa shape index (κ2) is 6.80. The number of Topliss-reactive ketones (excluding diaryl/α,β-unsaturated/α-hetero) is 1. The van der Waals surface area contributed by atoms with Crippen molar-refractivity contribution >= 4 is 12.1 Å². The van der Waals surface area contributed by atoms with Crippen LogP contribution in [0.15, 0.2) is 54.6 Å². The van der Waals surface area contributed by atoms with E-state index < -0.39 is 5.92 Å². The Hall–Kier alpha value is -2.22. The SMILES string of the molecule is CCC(=O)C([C]=O)Cc1cccc(-c2ccccc2)c1.